The van der Waals surface area contributed by atoms with Gasteiger partial charge in [0.05, 0.1) is 0 Å². The van der Waals surface area contributed by atoms with Crippen molar-refractivity contribution < 1.29 is 9.59 Å². The summed E-state index contributed by atoms with van der Waals surface area (Å²) in [4.78, 5) is 28.4. The van der Waals surface area contributed by atoms with Gasteiger partial charge in [-0.1, -0.05) is 82.3 Å². The molecule has 5 aromatic carbocycles. The van der Waals surface area contributed by atoms with Gasteiger partial charge in [-0.3, -0.25) is 14.5 Å². The van der Waals surface area contributed by atoms with Crippen LogP contribution in [0.3, 0.4) is 0 Å². The molecule has 6 rings (SSSR count). The normalized spacial score (nSPS) is 13.6. The van der Waals surface area contributed by atoms with Gasteiger partial charge in [0, 0.05) is 40.7 Å². The van der Waals surface area contributed by atoms with E-state index in [0.29, 0.717) is 17.7 Å². The smallest absolute Gasteiger partial charge is 0.261 e. The molecule has 0 saturated heterocycles. The Hall–Kier alpha value is -3.66. The summed E-state index contributed by atoms with van der Waals surface area (Å²) in [7, 11) is 0. The highest BCUT2D eigenvalue weighted by Crippen LogP contribution is 2.45. The molecule has 0 atom stereocenters. The van der Waals surface area contributed by atoms with Crippen molar-refractivity contribution in [2.45, 2.75) is 58.8 Å². The molecule has 0 radical (unpaired) electrons. The molecule has 0 unspecified atom stereocenters. The predicted molar refractivity (Wildman–Crippen MR) is 155 cm³/mol. The van der Waals surface area contributed by atoms with Gasteiger partial charge in [0.25, 0.3) is 11.8 Å². The molecule has 0 aromatic heterocycles. The lowest BCUT2D eigenvalue weighted by Gasteiger charge is -2.28. The van der Waals surface area contributed by atoms with E-state index in [1.807, 2.05) is 12.1 Å². The first-order valence-corrected chi connectivity index (χ1v) is 13.9. The molecular formula is C33H34N2O2. The number of benzene rings is 5. The van der Waals surface area contributed by atoms with Gasteiger partial charge in [-0.25, -0.2) is 0 Å². The number of amides is 2. The van der Waals surface area contributed by atoms with Crippen molar-refractivity contribution in [3.05, 3.63) is 65.7 Å². The number of unbranched alkanes of at least 4 members (excludes halogenated alkanes) is 5. The molecule has 4 nitrogen and oxygen atoms in total. The Morgan fingerprint density at radius 1 is 0.595 bits per heavy atom. The number of nitrogens with zero attached hydrogens (tertiary/aromatic N) is 1. The molecule has 188 valence electrons. The van der Waals surface area contributed by atoms with E-state index >= 15 is 0 Å². The molecule has 0 bridgehead atoms. The maximum atomic E-state index is 13.5. The summed E-state index contributed by atoms with van der Waals surface area (Å²) in [5, 5.41) is 12.5. The van der Waals surface area contributed by atoms with Crippen LogP contribution in [0.4, 0.5) is 5.69 Å². The third kappa shape index (κ3) is 3.73. The van der Waals surface area contributed by atoms with Crippen molar-refractivity contribution in [1.82, 2.24) is 4.90 Å². The predicted octanol–water partition coefficient (Wildman–Crippen LogP) is 8.52. The van der Waals surface area contributed by atoms with Gasteiger partial charge >= 0.3 is 0 Å². The third-order valence-electron chi connectivity index (χ3n) is 8.06. The first-order chi connectivity index (χ1) is 18.2. The SMILES string of the molecule is CCCCCCNc1ccc2c3ccc4c5c(ccc(c6cccc1c62)c53)C(=O)N(CCCCC)C4=O. The number of imide groups is 1. The summed E-state index contributed by atoms with van der Waals surface area (Å²) < 4.78 is 0. The molecule has 5 aromatic rings. The monoisotopic (exact) mass is 490 g/mol. The molecule has 1 aliphatic rings. The van der Waals surface area contributed by atoms with E-state index in [1.54, 1.807) is 0 Å². The van der Waals surface area contributed by atoms with Gasteiger partial charge in [-0.2, -0.15) is 0 Å². The van der Waals surface area contributed by atoms with E-state index in [-0.39, 0.29) is 11.8 Å². The van der Waals surface area contributed by atoms with Crippen LogP contribution in [0.15, 0.2) is 54.6 Å². The molecule has 1 N–H and O–H groups in total. The Bertz CT molecular complexity index is 1580. The minimum absolute atomic E-state index is 0.163. The summed E-state index contributed by atoms with van der Waals surface area (Å²) in [6.07, 6.45) is 7.83. The fourth-order valence-electron chi connectivity index (χ4n) is 6.19. The van der Waals surface area contributed by atoms with Crippen LogP contribution < -0.4 is 5.32 Å². The Kier molecular flexibility index (Phi) is 6.19. The largest absolute Gasteiger partial charge is 0.385 e. The molecule has 0 spiro atoms. The zero-order valence-corrected chi connectivity index (χ0v) is 21.8. The van der Waals surface area contributed by atoms with Crippen molar-refractivity contribution >= 4 is 60.6 Å². The second-order valence-corrected chi connectivity index (χ2v) is 10.4. The number of carbonyl (C=O) groups is 2. The molecule has 0 fully saturated rings. The van der Waals surface area contributed by atoms with E-state index in [0.717, 1.165) is 47.4 Å². The Morgan fingerprint density at radius 2 is 1.19 bits per heavy atom. The Morgan fingerprint density at radius 3 is 1.89 bits per heavy atom. The highest BCUT2D eigenvalue weighted by atomic mass is 16.2. The number of carbonyl (C=O) groups excluding carboxylic acids is 2. The summed E-state index contributed by atoms with van der Waals surface area (Å²) in [5.74, 6) is -0.326. The van der Waals surface area contributed by atoms with E-state index in [2.05, 4.69) is 61.6 Å². The summed E-state index contributed by atoms with van der Waals surface area (Å²) in [6, 6.07) is 18.9. The number of fused-ring (bicyclic) bond motifs is 2. The molecule has 1 aliphatic heterocycles. The van der Waals surface area contributed by atoms with Crippen LogP contribution in [0.2, 0.25) is 0 Å². The topological polar surface area (TPSA) is 49.4 Å². The lowest BCUT2D eigenvalue weighted by atomic mass is 9.84. The average molecular weight is 491 g/mol. The molecule has 2 amide bonds. The van der Waals surface area contributed by atoms with Crippen molar-refractivity contribution in [2.24, 2.45) is 0 Å². The maximum absolute atomic E-state index is 13.5. The van der Waals surface area contributed by atoms with Crippen LogP contribution in [0.25, 0.3) is 43.1 Å². The minimum atomic E-state index is -0.163. The van der Waals surface area contributed by atoms with Gasteiger partial charge in [0.1, 0.15) is 0 Å². The lowest BCUT2D eigenvalue weighted by Crippen LogP contribution is -2.40. The average Bonchev–Trinajstić information content (AvgIpc) is 2.92. The number of hydrogen-bond acceptors (Lipinski definition) is 3. The first kappa shape index (κ1) is 23.7. The van der Waals surface area contributed by atoms with Crippen molar-refractivity contribution in [3.63, 3.8) is 0 Å². The molecule has 1 heterocycles. The maximum Gasteiger partial charge on any atom is 0.261 e. The van der Waals surface area contributed by atoms with Crippen LogP contribution in [-0.4, -0.2) is 29.8 Å². The second-order valence-electron chi connectivity index (χ2n) is 10.4. The summed E-state index contributed by atoms with van der Waals surface area (Å²) in [5.41, 5.74) is 2.46. The van der Waals surface area contributed by atoms with Crippen molar-refractivity contribution in [1.29, 1.82) is 0 Å². The van der Waals surface area contributed by atoms with Crippen LogP contribution in [0.1, 0.15) is 79.5 Å². The van der Waals surface area contributed by atoms with E-state index in [4.69, 9.17) is 0 Å². The molecular weight excluding hydrogens is 456 g/mol. The number of anilines is 1. The molecule has 0 aliphatic carbocycles. The number of nitrogens with one attached hydrogen (secondary N) is 1. The van der Waals surface area contributed by atoms with Gasteiger partial charge in [0.2, 0.25) is 0 Å². The van der Waals surface area contributed by atoms with Crippen LogP contribution >= 0.6 is 0 Å². The standard InChI is InChI=1S/C33H34N2O2/c1-3-5-7-8-19-34-28-18-17-22-24-14-16-27-31-26(32(36)35(33(27)37)20-9-6-4-2)15-13-23(30(24)31)21-11-10-12-25(28)29(21)22/h10-18,34H,3-9,19-20H2,1-2H3. The molecule has 37 heavy (non-hydrogen) atoms. The molecule has 4 heteroatoms. The summed E-state index contributed by atoms with van der Waals surface area (Å²) >= 11 is 0. The lowest BCUT2D eigenvalue weighted by molar-refractivity contribution is 0.0608. The zero-order valence-electron chi connectivity index (χ0n) is 21.8. The first-order valence-electron chi connectivity index (χ1n) is 13.9. The highest BCUT2D eigenvalue weighted by molar-refractivity contribution is 6.38. The fourth-order valence-corrected chi connectivity index (χ4v) is 6.19. The Balaban J connectivity index is 1.52. The van der Waals surface area contributed by atoms with E-state index < -0.39 is 0 Å². The summed E-state index contributed by atoms with van der Waals surface area (Å²) in [6.45, 7) is 5.81. The van der Waals surface area contributed by atoms with Crippen LogP contribution in [0, 0.1) is 0 Å². The van der Waals surface area contributed by atoms with Gasteiger partial charge in [-0.05, 0) is 63.4 Å². The highest BCUT2D eigenvalue weighted by Gasteiger charge is 2.33. The number of hydrogen-bond donors (Lipinski definition) is 1. The van der Waals surface area contributed by atoms with Crippen molar-refractivity contribution in [3.8, 4) is 0 Å². The molecule has 0 saturated carbocycles. The third-order valence-corrected chi connectivity index (χ3v) is 8.06. The fraction of sp³-hybridized carbons (Fsp3) is 0.333. The van der Waals surface area contributed by atoms with Crippen LogP contribution in [-0.2, 0) is 0 Å². The quantitative estimate of drug-likeness (QED) is 0.0924. The van der Waals surface area contributed by atoms with E-state index in [1.165, 1.54) is 57.8 Å². The van der Waals surface area contributed by atoms with E-state index in [9.17, 15) is 9.59 Å². The Labute approximate surface area is 218 Å². The van der Waals surface area contributed by atoms with Gasteiger partial charge in [0.15, 0.2) is 0 Å². The minimum Gasteiger partial charge on any atom is -0.385 e. The van der Waals surface area contributed by atoms with Gasteiger partial charge < -0.3 is 5.32 Å². The number of rotatable bonds is 10. The van der Waals surface area contributed by atoms with Gasteiger partial charge in [-0.15, -0.1) is 0 Å². The van der Waals surface area contributed by atoms with Crippen molar-refractivity contribution in [2.75, 3.05) is 18.4 Å². The second kappa shape index (κ2) is 9.66. The zero-order chi connectivity index (χ0) is 25.5. The van der Waals surface area contributed by atoms with Crippen LogP contribution in [0.5, 0.6) is 0 Å².